The normalized spacial score (nSPS) is 20.8. The number of carbonyl (C=O) groups excluding carboxylic acids is 1. The van der Waals surface area contributed by atoms with Gasteiger partial charge in [0.15, 0.2) is 0 Å². The molecule has 1 rings (SSSR count). The summed E-state index contributed by atoms with van der Waals surface area (Å²) < 4.78 is 0. The van der Waals surface area contributed by atoms with E-state index >= 15 is 0 Å². The van der Waals surface area contributed by atoms with Crippen LogP contribution in [0.15, 0.2) is 0 Å². The fourth-order valence-corrected chi connectivity index (χ4v) is 1.42. The summed E-state index contributed by atoms with van der Waals surface area (Å²) in [6, 6.07) is -0.0614. The predicted molar refractivity (Wildman–Crippen MR) is 51.2 cm³/mol. The second-order valence-electron chi connectivity index (χ2n) is 3.92. The average Bonchev–Trinajstić information content (AvgIpc) is 2.95. The van der Waals surface area contributed by atoms with Gasteiger partial charge in [0.05, 0.1) is 12.6 Å². The first-order chi connectivity index (χ1) is 6.19. The van der Waals surface area contributed by atoms with E-state index in [0.29, 0.717) is 5.92 Å². The monoisotopic (exact) mass is 185 g/mol. The SMILES string of the molecule is CC[C@@H](CO)NC(=O)C(C)C1CC1. The van der Waals surface area contributed by atoms with Gasteiger partial charge in [-0.15, -0.1) is 0 Å². The van der Waals surface area contributed by atoms with Crippen LogP contribution in [0.1, 0.15) is 33.1 Å². The van der Waals surface area contributed by atoms with E-state index in [1.165, 1.54) is 12.8 Å². The molecule has 0 radical (unpaired) electrons. The van der Waals surface area contributed by atoms with Gasteiger partial charge in [-0.3, -0.25) is 4.79 Å². The summed E-state index contributed by atoms with van der Waals surface area (Å²) in [6.45, 7) is 3.97. The first-order valence-corrected chi connectivity index (χ1v) is 5.10. The van der Waals surface area contributed by atoms with Crippen LogP contribution in [0.4, 0.5) is 0 Å². The van der Waals surface area contributed by atoms with Gasteiger partial charge in [-0.25, -0.2) is 0 Å². The number of hydrogen-bond donors (Lipinski definition) is 2. The fourth-order valence-electron chi connectivity index (χ4n) is 1.42. The van der Waals surface area contributed by atoms with E-state index in [2.05, 4.69) is 5.32 Å². The van der Waals surface area contributed by atoms with Crippen molar-refractivity contribution in [1.29, 1.82) is 0 Å². The van der Waals surface area contributed by atoms with Crippen LogP contribution < -0.4 is 5.32 Å². The van der Waals surface area contributed by atoms with Gasteiger partial charge in [0.1, 0.15) is 0 Å². The quantitative estimate of drug-likeness (QED) is 0.669. The minimum absolute atomic E-state index is 0.0413. The number of carbonyl (C=O) groups is 1. The lowest BCUT2D eigenvalue weighted by Gasteiger charge is -2.17. The first kappa shape index (κ1) is 10.5. The molecular weight excluding hydrogens is 166 g/mol. The maximum Gasteiger partial charge on any atom is 0.223 e. The summed E-state index contributed by atoms with van der Waals surface area (Å²) in [5.74, 6) is 0.820. The molecule has 1 saturated carbocycles. The van der Waals surface area contributed by atoms with Gasteiger partial charge < -0.3 is 10.4 Å². The highest BCUT2D eigenvalue weighted by molar-refractivity contribution is 5.79. The van der Waals surface area contributed by atoms with Gasteiger partial charge in [0.25, 0.3) is 0 Å². The number of rotatable bonds is 5. The Balaban J connectivity index is 2.29. The zero-order valence-corrected chi connectivity index (χ0v) is 8.42. The Labute approximate surface area is 79.5 Å². The van der Waals surface area contributed by atoms with E-state index < -0.39 is 0 Å². The third-order valence-corrected chi connectivity index (χ3v) is 2.80. The molecule has 3 nitrogen and oxygen atoms in total. The molecule has 0 saturated heterocycles. The summed E-state index contributed by atoms with van der Waals surface area (Å²) in [4.78, 5) is 11.5. The molecule has 0 heterocycles. The molecule has 1 aliphatic carbocycles. The topological polar surface area (TPSA) is 49.3 Å². The lowest BCUT2D eigenvalue weighted by molar-refractivity contribution is -0.126. The van der Waals surface area contributed by atoms with E-state index in [9.17, 15) is 4.79 Å². The van der Waals surface area contributed by atoms with Crippen LogP contribution >= 0.6 is 0 Å². The molecular formula is C10H19NO2. The molecule has 2 atom stereocenters. The molecule has 2 N–H and O–H groups in total. The third-order valence-electron chi connectivity index (χ3n) is 2.80. The van der Waals surface area contributed by atoms with Crippen molar-refractivity contribution < 1.29 is 9.90 Å². The largest absolute Gasteiger partial charge is 0.394 e. The lowest BCUT2D eigenvalue weighted by atomic mass is 10.1. The predicted octanol–water partition coefficient (Wildman–Crippen LogP) is 0.920. The van der Waals surface area contributed by atoms with Crippen LogP contribution in [0.3, 0.4) is 0 Å². The summed E-state index contributed by atoms with van der Waals surface area (Å²) >= 11 is 0. The Morgan fingerprint density at radius 2 is 2.23 bits per heavy atom. The molecule has 0 aromatic rings. The van der Waals surface area contributed by atoms with Gasteiger partial charge in [0.2, 0.25) is 5.91 Å². The lowest BCUT2D eigenvalue weighted by Crippen LogP contribution is -2.40. The second-order valence-corrected chi connectivity index (χ2v) is 3.92. The number of aliphatic hydroxyl groups excluding tert-OH is 1. The number of nitrogens with one attached hydrogen (secondary N) is 1. The van der Waals surface area contributed by atoms with Crippen LogP contribution in [0.2, 0.25) is 0 Å². The third kappa shape index (κ3) is 2.99. The Bertz CT molecular complexity index is 174. The summed E-state index contributed by atoms with van der Waals surface area (Å²) in [5.41, 5.74) is 0. The van der Waals surface area contributed by atoms with Gasteiger partial charge in [-0.2, -0.15) is 0 Å². The van der Waals surface area contributed by atoms with E-state index in [1.807, 2.05) is 13.8 Å². The van der Waals surface area contributed by atoms with E-state index in [-0.39, 0.29) is 24.5 Å². The molecule has 0 aliphatic heterocycles. The molecule has 1 aliphatic rings. The van der Waals surface area contributed by atoms with Crippen molar-refractivity contribution in [1.82, 2.24) is 5.32 Å². The number of hydrogen-bond acceptors (Lipinski definition) is 2. The molecule has 1 unspecified atom stereocenters. The minimum atomic E-state index is -0.0614. The molecule has 1 fully saturated rings. The van der Waals surface area contributed by atoms with Crippen molar-refractivity contribution >= 4 is 5.91 Å². The first-order valence-electron chi connectivity index (χ1n) is 5.10. The van der Waals surface area contributed by atoms with Crippen LogP contribution in [0.5, 0.6) is 0 Å². The summed E-state index contributed by atoms with van der Waals surface area (Å²) in [5, 5.41) is 11.7. The van der Waals surface area contributed by atoms with Crippen molar-refractivity contribution in [3.05, 3.63) is 0 Å². The Kier molecular flexibility index (Phi) is 3.72. The number of aliphatic hydroxyl groups is 1. The van der Waals surface area contributed by atoms with Crippen LogP contribution in [-0.4, -0.2) is 23.7 Å². The van der Waals surface area contributed by atoms with E-state index in [1.54, 1.807) is 0 Å². The van der Waals surface area contributed by atoms with Gasteiger partial charge >= 0.3 is 0 Å². The zero-order chi connectivity index (χ0) is 9.84. The van der Waals surface area contributed by atoms with Crippen molar-refractivity contribution in [3.8, 4) is 0 Å². The zero-order valence-electron chi connectivity index (χ0n) is 8.42. The second kappa shape index (κ2) is 4.61. The Morgan fingerprint density at radius 3 is 2.62 bits per heavy atom. The molecule has 0 aromatic heterocycles. The molecule has 0 bridgehead atoms. The molecule has 0 spiro atoms. The average molecular weight is 185 g/mol. The highest BCUT2D eigenvalue weighted by Crippen LogP contribution is 2.36. The maximum absolute atomic E-state index is 11.5. The van der Waals surface area contributed by atoms with Crippen LogP contribution in [-0.2, 0) is 4.79 Å². The summed E-state index contributed by atoms with van der Waals surface area (Å²) in [7, 11) is 0. The van der Waals surface area contributed by atoms with E-state index in [0.717, 1.165) is 6.42 Å². The van der Waals surface area contributed by atoms with E-state index in [4.69, 9.17) is 5.11 Å². The smallest absolute Gasteiger partial charge is 0.223 e. The fraction of sp³-hybridized carbons (Fsp3) is 0.900. The maximum atomic E-state index is 11.5. The molecule has 13 heavy (non-hydrogen) atoms. The van der Waals surface area contributed by atoms with Crippen LogP contribution in [0.25, 0.3) is 0 Å². The molecule has 3 heteroatoms. The summed E-state index contributed by atoms with van der Waals surface area (Å²) in [6.07, 6.45) is 3.16. The van der Waals surface area contributed by atoms with Gasteiger partial charge in [-0.05, 0) is 25.2 Å². The highest BCUT2D eigenvalue weighted by atomic mass is 16.3. The van der Waals surface area contributed by atoms with Crippen molar-refractivity contribution in [3.63, 3.8) is 0 Å². The van der Waals surface area contributed by atoms with Crippen molar-refractivity contribution in [2.75, 3.05) is 6.61 Å². The van der Waals surface area contributed by atoms with Gasteiger partial charge in [-0.1, -0.05) is 13.8 Å². The van der Waals surface area contributed by atoms with Crippen LogP contribution in [0, 0.1) is 11.8 Å². The van der Waals surface area contributed by atoms with Gasteiger partial charge in [0, 0.05) is 5.92 Å². The molecule has 76 valence electrons. The highest BCUT2D eigenvalue weighted by Gasteiger charge is 2.32. The standard InChI is InChI=1S/C10H19NO2/c1-3-9(6-12)11-10(13)7(2)8-4-5-8/h7-9,12H,3-6H2,1-2H3,(H,11,13)/t7?,9-/m0/s1. The van der Waals surface area contributed by atoms with Crippen molar-refractivity contribution in [2.24, 2.45) is 11.8 Å². The minimum Gasteiger partial charge on any atom is -0.394 e. The molecule has 1 amide bonds. The Morgan fingerprint density at radius 1 is 1.62 bits per heavy atom. The van der Waals surface area contributed by atoms with Crippen molar-refractivity contribution in [2.45, 2.75) is 39.2 Å². The number of amides is 1. The molecule has 0 aromatic carbocycles. The Hall–Kier alpha value is -0.570.